The molecule has 2 saturated heterocycles. The molecule has 0 radical (unpaired) electrons. The van der Waals surface area contributed by atoms with Crippen molar-refractivity contribution < 1.29 is 9.90 Å². The SMILES string of the molecule is CC1NCCC12CN(C(=O)O)C2. The van der Waals surface area contributed by atoms with Crippen molar-refractivity contribution >= 4 is 6.09 Å². The van der Waals surface area contributed by atoms with Crippen molar-refractivity contribution in [2.45, 2.75) is 19.4 Å². The van der Waals surface area contributed by atoms with Crippen LogP contribution in [0.4, 0.5) is 4.79 Å². The number of nitrogens with zero attached hydrogens (tertiary/aromatic N) is 1. The highest BCUT2D eigenvalue weighted by molar-refractivity contribution is 5.66. The zero-order valence-electron chi connectivity index (χ0n) is 7.21. The molecule has 1 spiro atoms. The summed E-state index contributed by atoms with van der Waals surface area (Å²) in [6.45, 7) is 4.62. The van der Waals surface area contributed by atoms with Crippen LogP contribution in [-0.2, 0) is 0 Å². The second kappa shape index (κ2) is 2.36. The summed E-state index contributed by atoms with van der Waals surface area (Å²) in [5.41, 5.74) is 0.262. The van der Waals surface area contributed by atoms with E-state index in [4.69, 9.17) is 5.11 Å². The van der Waals surface area contributed by atoms with Crippen LogP contribution in [0.15, 0.2) is 0 Å². The van der Waals surface area contributed by atoms with Gasteiger partial charge in [0.05, 0.1) is 0 Å². The lowest BCUT2D eigenvalue weighted by Gasteiger charge is -2.48. The van der Waals surface area contributed by atoms with E-state index in [0.717, 1.165) is 26.1 Å². The summed E-state index contributed by atoms with van der Waals surface area (Å²) < 4.78 is 0. The van der Waals surface area contributed by atoms with Crippen molar-refractivity contribution in [2.24, 2.45) is 5.41 Å². The molecule has 1 amide bonds. The Hall–Kier alpha value is -0.770. The van der Waals surface area contributed by atoms with Crippen LogP contribution < -0.4 is 5.32 Å². The molecule has 4 nitrogen and oxygen atoms in total. The molecule has 2 fully saturated rings. The molecule has 0 aliphatic carbocycles. The largest absolute Gasteiger partial charge is 0.465 e. The van der Waals surface area contributed by atoms with Crippen molar-refractivity contribution in [1.82, 2.24) is 10.2 Å². The summed E-state index contributed by atoms with van der Waals surface area (Å²) in [6.07, 6.45) is 0.345. The van der Waals surface area contributed by atoms with Crippen molar-refractivity contribution in [1.29, 1.82) is 0 Å². The first kappa shape index (κ1) is 7.86. The number of hydrogen-bond donors (Lipinski definition) is 2. The highest BCUT2D eigenvalue weighted by Crippen LogP contribution is 2.40. The van der Waals surface area contributed by atoms with Gasteiger partial charge in [0.25, 0.3) is 0 Å². The molecule has 1 unspecified atom stereocenters. The fourth-order valence-corrected chi connectivity index (χ4v) is 2.25. The molecule has 2 N–H and O–H groups in total. The third-order valence-corrected chi connectivity index (χ3v) is 3.27. The van der Waals surface area contributed by atoms with Crippen LogP contribution in [0.2, 0.25) is 0 Å². The number of nitrogens with one attached hydrogen (secondary N) is 1. The standard InChI is InChI=1S/C8H14N2O2/c1-6-8(2-3-9-6)4-10(5-8)7(11)12/h6,9H,2-5H2,1H3,(H,11,12). The van der Waals surface area contributed by atoms with E-state index in [1.54, 1.807) is 0 Å². The summed E-state index contributed by atoms with van der Waals surface area (Å²) in [4.78, 5) is 12.0. The van der Waals surface area contributed by atoms with Gasteiger partial charge in [0.15, 0.2) is 0 Å². The van der Waals surface area contributed by atoms with E-state index in [2.05, 4.69) is 12.2 Å². The fraction of sp³-hybridized carbons (Fsp3) is 0.875. The van der Waals surface area contributed by atoms with E-state index >= 15 is 0 Å². The molecule has 0 aromatic carbocycles. The molecule has 68 valence electrons. The maximum atomic E-state index is 10.5. The Kier molecular flexibility index (Phi) is 1.54. The van der Waals surface area contributed by atoms with E-state index < -0.39 is 6.09 Å². The van der Waals surface area contributed by atoms with E-state index in [-0.39, 0.29) is 5.41 Å². The first-order chi connectivity index (χ1) is 5.64. The molecule has 2 rings (SSSR count). The van der Waals surface area contributed by atoms with Gasteiger partial charge in [-0.3, -0.25) is 0 Å². The van der Waals surface area contributed by atoms with Crippen molar-refractivity contribution in [2.75, 3.05) is 19.6 Å². The Morgan fingerprint density at radius 2 is 2.33 bits per heavy atom. The molecular formula is C8H14N2O2. The topological polar surface area (TPSA) is 52.6 Å². The maximum absolute atomic E-state index is 10.5. The van der Waals surface area contributed by atoms with Gasteiger partial charge in [-0.1, -0.05) is 0 Å². The molecule has 4 heteroatoms. The number of carboxylic acid groups (broad SMARTS) is 1. The molecule has 0 saturated carbocycles. The Bertz CT molecular complexity index is 211. The van der Waals surface area contributed by atoms with Crippen LogP contribution in [0.5, 0.6) is 0 Å². The lowest BCUT2D eigenvalue weighted by Crippen LogP contribution is -2.61. The minimum atomic E-state index is -0.778. The van der Waals surface area contributed by atoms with Gasteiger partial charge < -0.3 is 15.3 Å². The summed E-state index contributed by atoms with van der Waals surface area (Å²) in [5.74, 6) is 0. The van der Waals surface area contributed by atoms with E-state index in [1.807, 2.05) is 0 Å². The van der Waals surface area contributed by atoms with Gasteiger partial charge in [0, 0.05) is 24.5 Å². The zero-order chi connectivity index (χ0) is 8.77. The molecule has 2 heterocycles. The van der Waals surface area contributed by atoms with Crippen molar-refractivity contribution in [3.63, 3.8) is 0 Å². The highest BCUT2D eigenvalue weighted by atomic mass is 16.4. The molecule has 1 atom stereocenters. The Morgan fingerprint density at radius 1 is 1.67 bits per heavy atom. The lowest BCUT2D eigenvalue weighted by molar-refractivity contribution is 0.00565. The number of rotatable bonds is 0. The summed E-state index contributed by atoms with van der Waals surface area (Å²) >= 11 is 0. The smallest absolute Gasteiger partial charge is 0.407 e. The third-order valence-electron chi connectivity index (χ3n) is 3.27. The van der Waals surface area contributed by atoms with Crippen molar-refractivity contribution in [3.8, 4) is 0 Å². The second-order valence-electron chi connectivity index (χ2n) is 3.93. The van der Waals surface area contributed by atoms with Gasteiger partial charge in [0.2, 0.25) is 0 Å². The molecule has 12 heavy (non-hydrogen) atoms. The predicted octanol–water partition coefficient (Wildman–Crippen LogP) is 0.348. The van der Waals surface area contributed by atoms with E-state index in [9.17, 15) is 4.79 Å². The molecule has 0 bridgehead atoms. The molecule has 2 aliphatic heterocycles. The van der Waals surface area contributed by atoms with Gasteiger partial charge in [0.1, 0.15) is 0 Å². The van der Waals surface area contributed by atoms with Crippen LogP contribution in [0.3, 0.4) is 0 Å². The molecule has 2 aliphatic rings. The van der Waals surface area contributed by atoms with Crippen LogP contribution >= 0.6 is 0 Å². The zero-order valence-corrected chi connectivity index (χ0v) is 7.21. The molecular weight excluding hydrogens is 156 g/mol. The van der Waals surface area contributed by atoms with Crippen molar-refractivity contribution in [3.05, 3.63) is 0 Å². The van der Waals surface area contributed by atoms with E-state index in [0.29, 0.717) is 6.04 Å². The Morgan fingerprint density at radius 3 is 2.75 bits per heavy atom. The maximum Gasteiger partial charge on any atom is 0.407 e. The molecule has 0 aromatic heterocycles. The van der Waals surface area contributed by atoms with Gasteiger partial charge in [-0.2, -0.15) is 0 Å². The van der Waals surface area contributed by atoms with Crippen LogP contribution in [-0.4, -0.2) is 41.8 Å². The van der Waals surface area contributed by atoms with Gasteiger partial charge in [-0.25, -0.2) is 4.79 Å². The summed E-state index contributed by atoms with van der Waals surface area (Å²) in [6, 6.07) is 0.480. The van der Waals surface area contributed by atoms with Crippen LogP contribution in [0, 0.1) is 5.41 Å². The first-order valence-electron chi connectivity index (χ1n) is 4.35. The first-order valence-corrected chi connectivity index (χ1v) is 4.35. The quantitative estimate of drug-likeness (QED) is 0.551. The Labute approximate surface area is 71.5 Å². The fourth-order valence-electron chi connectivity index (χ4n) is 2.25. The minimum absolute atomic E-state index is 0.262. The second-order valence-corrected chi connectivity index (χ2v) is 3.93. The average Bonchev–Trinajstić information content (AvgIpc) is 2.26. The normalized spacial score (nSPS) is 32.1. The van der Waals surface area contributed by atoms with Gasteiger partial charge in [-0.05, 0) is 19.9 Å². The van der Waals surface area contributed by atoms with E-state index in [1.165, 1.54) is 4.90 Å². The van der Waals surface area contributed by atoms with Crippen LogP contribution in [0.25, 0.3) is 0 Å². The number of carbonyl (C=O) groups is 1. The highest BCUT2D eigenvalue weighted by Gasteiger charge is 2.51. The van der Waals surface area contributed by atoms with Crippen LogP contribution in [0.1, 0.15) is 13.3 Å². The molecule has 0 aromatic rings. The summed E-state index contributed by atoms with van der Waals surface area (Å²) in [5, 5.41) is 12.0. The lowest BCUT2D eigenvalue weighted by atomic mass is 9.74. The monoisotopic (exact) mass is 170 g/mol. The number of amides is 1. The number of likely N-dealkylation sites (tertiary alicyclic amines) is 1. The summed E-state index contributed by atoms with van der Waals surface area (Å²) in [7, 11) is 0. The Balaban J connectivity index is 1.97. The third kappa shape index (κ3) is 0.909. The number of hydrogen-bond acceptors (Lipinski definition) is 2. The predicted molar refractivity (Wildman–Crippen MR) is 44.1 cm³/mol. The van der Waals surface area contributed by atoms with Gasteiger partial charge in [-0.15, -0.1) is 0 Å². The average molecular weight is 170 g/mol. The minimum Gasteiger partial charge on any atom is -0.465 e. The van der Waals surface area contributed by atoms with Gasteiger partial charge >= 0.3 is 6.09 Å².